The Morgan fingerprint density at radius 2 is 2.11 bits per heavy atom. The monoisotopic (exact) mass is 264 g/mol. The molecule has 1 fully saturated rings. The van der Waals surface area contributed by atoms with Crippen LogP contribution >= 0.6 is 0 Å². The average Bonchev–Trinajstić information content (AvgIpc) is 2.41. The van der Waals surface area contributed by atoms with Gasteiger partial charge in [0.15, 0.2) is 0 Å². The fraction of sp³-hybridized carbons (Fsp3) is 0.500. The van der Waals surface area contributed by atoms with Crippen molar-refractivity contribution in [1.29, 1.82) is 0 Å². The predicted molar refractivity (Wildman–Crippen MR) is 74.8 cm³/mol. The van der Waals surface area contributed by atoms with Crippen LogP contribution in [0.4, 0.5) is 11.4 Å². The highest BCUT2D eigenvalue weighted by molar-refractivity contribution is 5.90. The number of benzene rings is 1. The van der Waals surface area contributed by atoms with E-state index in [2.05, 4.69) is 10.6 Å². The minimum absolute atomic E-state index is 0.108. The van der Waals surface area contributed by atoms with Crippen LogP contribution in [0.1, 0.15) is 19.8 Å². The third kappa shape index (κ3) is 3.86. The zero-order valence-electron chi connectivity index (χ0n) is 11.4. The molecule has 0 bridgehead atoms. The Labute approximate surface area is 113 Å². The highest BCUT2D eigenvalue weighted by atomic mass is 16.5. The van der Waals surface area contributed by atoms with E-state index in [1.807, 2.05) is 18.2 Å². The number of ether oxygens (including phenoxy) is 2. The highest BCUT2D eigenvalue weighted by Crippen LogP contribution is 2.28. The molecule has 0 aromatic heterocycles. The molecule has 0 radical (unpaired) electrons. The van der Waals surface area contributed by atoms with E-state index in [-0.39, 0.29) is 5.91 Å². The maximum absolute atomic E-state index is 11.1. The summed E-state index contributed by atoms with van der Waals surface area (Å²) in [5, 5.41) is 6.21. The van der Waals surface area contributed by atoms with Crippen molar-refractivity contribution >= 4 is 17.3 Å². The maximum atomic E-state index is 11.1. The molecule has 5 heteroatoms. The van der Waals surface area contributed by atoms with Crippen LogP contribution in [0.15, 0.2) is 18.2 Å². The van der Waals surface area contributed by atoms with Crippen molar-refractivity contribution in [3.63, 3.8) is 0 Å². The first-order chi connectivity index (χ1) is 9.19. The number of hydrogen-bond donors (Lipinski definition) is 2. The van der Waals surface area contributed by atoms with Crippen LogP contribution < -0.4 is 15.4 Å². The normalized spacial score (nSPS) is 15.9. The van der Waals surface area contributed by atoms with Gasteiger partial charge in [-0.15, -0.1) is 0 Å². The molecule has 0 aliphatic carbocycles. The molecule has 19 heavy (non-hydrogen) atoms. The lowest BCUT2D eigenvalue weighted by atomic mass is 10.1. The smallest absolute Gasteiger partial charge is 0.221 e. The van der Waals surface area contributed by atoms with Gasteiger partial charge < -0.3 is 20.1 Å². The van der Waals surface area contributed by atoms with Crippen molar-refractivity contribution in [3.05, 3.63) is 18.2 Å². The minimum atomic E-state index is -0.108. The van der Waals surface area contributed by atoms with Crippen molar-refractivity contribution in [1.82, 2.24) is 0 Å². The zero-order chi connectivity index (χ0) is 13.7. The van der Waals surface area contributed by atoms with Gasteiger partial charge in [0.25, 0.3) is 0 Å². The van der Waals surface area contributed by atoms with Crippen molar-refractivity contribution < 1.29 is 14.3 Å². The molecule has 2 N–H and O–H groups in total. The van der Waals surface area contributed by atoms with Gasteiger partial charge >= 0.3 is 0 Å². The lowest BCUT2D eigenvalue weighted by Crippen LogP contribution is -2.27. The molecule has 0 unspecified atom stereocenters. The Hall–Kier alpha value is -1.75. The first-order valence-corrected chi connectivity index (χ1v) is 6.49. The Balaban J connectivity index is 2.07. The number of amides is 1. The Bertz CT molecular complexity index is 442. The van der Waals surface area contributed by atoms with Gasteiger partial charge in [-0.1, -0.05) is 0 Å². The van der Waals surface area contributed by atoms with E-state index in [0.717, 1.165) is 31.7 Å². The number of carbonyl (C=O) groups is 1. The SMILES string of the molecule is COc1cc(NC2CCOCC2)ccc1NC(C)=O. The van der Waals surface area contributed by atoms with Gasteiger partial charge in [-0.2, -0.15) is 0 Å². The third-order valence-corrected chi connectivity index (χ3v) is 3.10. The van der Waals surface area contributed by atoms with Gasteiger partial charge in [0.2, 0.25) is 5.91 Å². The van der Waals surface area contributed by atoms with E-state index in [9.17, 15) is 4.79 Å². The van der Waals surface area contributed by atoms with E-state index in [1.54, 1.807) is 7.11 Å². The molecule has 0 spiro atoms. The topological polar surface area (TPSA) is 59.6 Å². The summed E-state index contributed by atoms with van der Waals surface area (Å²) in [6.07, 6.45) is 2.02. The van der Waals surface area contributed by atoms with Gasteiger partial charge in [-0.05, 0) is 25.0 Å². The molecule has 0 atom stereocenters. The van der Waals surface area contributed by atoms with Crippen LogP contribution in [0.3, 0.4) is 0 Å². The minimum Gasteiger partial charge on any atom is -0.494 e. The molecular weight excluding hydrogens is 244 g/mol. The van der Waals surface area contributed by atoms with Gasteiger partial charge in [-0.25, -0.2) is 0 Å². The zero-order valence-corrected chi connectivity index (χ0v) is 11.4. The summed E-state index contributed by atoms with van der Waals surface area (Å²) in [6, 6.07) is 6.14. The van der Waals surface area contributed by atoms with E-state index in [1.165, 1.54) is 6.92 Å². The summed E-state index contributed by atoms with van der Waals surface area (Å²) in [5.74, 6) is 0.552. The van der Waals surface area contributed by atoms with Gasteiger partial charge in [0.1, 0.15) is 5.75 Å². The molecule has 1 heterocycles. The second kappa shape index (κ2) is 6.43. The van der Waals surface area contributed by atoms with Crippen molar-refractivity contribution in [2.45, 2.75) is 25.8 Å². The summed E-state index contributed by atoms with van der Waals surface area (Å²) < 4.78 is 10.6. The molecule has 1 aromatic rings. The summed E-state index contributed by atoms with van der Waals surface area (Å²) in [5.41, 5.74) is 1.69. The molecule has 104 valence electrons. The lowest BCUT2D eigenvalue weighted by Gasteiger charge is -2.24. The number of rotatable bonds is 4. The second-order valence-corrected chi connectivity index (χ2v) is 4.63. The van der Waals surface area contributed by atoms with Crippen LogP contribution in [0, 0.1) is 0 Å². The quantitative estimate of drug-likeness (QED) is 0.875. The first kappa shape index (κ1) is 13.7. The van der Waals surface area contributed by atoms with Crippen LogP contribution in [-0.4, -0.2) is 32.3 Å². The average molecular weight is 264 g/mol. The van der Waals surface area contributed by atoms with Gasteiger partial charge in [0.05, 0.1) is 12.8 Å². The first-order valence-electron chi connectivity index (χ1n) is 6.49. The van der Waals surface area contributed by atoms with E-state index in [0.29, 0.717) is 17.5 Å². The molecule has 5 nitrogen and oxygen atoms in total. The number of hydrogen-bond acceptors (Lipinski definition) is 4. The molecule has 1 aliphatic rings. The highest BCUT2D eigenvalue weighted by Gasteiger charge is 2.14. The summed E-state index contributed by atoms with van der Waals surface area (Å²) in [6.45, 7) is 3.09. The number of methoxy groups -OCH3 is 1. The Morgan fingerprint density at radius 1 is 1.37 bits per heavy atom. The lowest BCUT2D eigenvalue weighted by molar-refractivity contribution is -0.114. The van der Waals surface area contributed by atoms with Gasteiger partial charge in [0, 0.05) is 37.9 Å². The van der Waals surface area contributed by atoms with Crippen molar-refractivity contribution in [2.75, 3.05) is 31.0 Å². The van der Waals surface area contributed by atoms with Crippen LogP contribution in [0.25, 0.3) is 0 Å². The van der Waals surface area contributed by atoms with Crippen LogP contribution in [0.5, 0.6) is 5.75 Å². The third-order valence-electron chi connectivity index (χ3n) is 3.10. The summed E-state index contributed by atoms with van der Waals surface area (Å²) >= 11 is 0. The summed E-state index contributed by atoms with van der Waals surface area (Å²) in [7, 11) is 1.60. The van der Waals surface area contributed by atoms with E-state index in [4.69, 9.17) is 9.47 Å². The van der Waals surface area contributed by atoms with Crippen molar-refractivity contribution in [3.8, 4) is 5.75 Å². The fourth-order valence-electron chi connectivity index (χ4n) is 2.15. The second-order valence-electron chi connectivity index (χ2n) is 4.63. The standard InChI is InChI=1S/C14H20N2O3/c1-10(17)15-13-4-3-12(9-14(13)18-2)16-11-5-7-19-8-6-11/h3-4,9,11,16H,5-8H2,1-2H3,(H,15,17). The Morgan fingerprint density at radius 3 is 2.74 bits per heavy atom. The molecule has 1 aliphatic heterocycles. The van der Waals surface area contributed by atoms with Crippen LogP contribution in [-0.2, 0) is 9.53 Å². The maximum Gasteiger partial charge on any atom is 0.221 e. The molecule has 1 amide bonds. The molecule has 1 saturated heterocycles. The fourth-order valence-corrected chi connectivity index (χ4v) is 2.15. The molecular formula is C14H20N2O3. The largest absolute Gasteiger partial charge is 0.494 e. The number of nitrogens with one attached hydrogen (secondary N) is 2. The van der Waals surface area contributed by atoms with E-state index < -0.39 is 0 Å². The number of carbonyl (C=O) groups excluding carboxylic acids is 1. The predicted octanol–water partition coefficient (Wildman–Crippen LogP) is 2.24. The van der Waals surface area contributed by atoms with Crippen molar-refractivity contribution in [2.24, 2.45) is 0 Å². The van der Waals surface area contributed by atoms with Crippen LogP contribution in [0.2, 0.25) is 0 Å². The molecule has 1 aromatic carbocycles. The molecule has 0 saturated carbocycles. The van der Waals surface area contributed by atoms with Gasteiger partial charge in [-0.3, -0.25) is 4.79 Å². The molecule has 2 rings (SSSR count). The summed E-state index contributed by atoms with van der Waals surface area (Å²) in [4.78, 5) is 11.1. The van der Waals surface area contributed by atoms with E-state index >= 15 is 0 Å². The Kier molecular flexibility index (Phi) is 4.63. The number of anilines is 2.